The van der Waals surface area contributed by atoms with E-state index < -0.39 is 12.1 Å². The zero-order valence-corrected chi connectivity index (χ0v) is 13.8. The molecule has 0 aromatic carbocycles. The van der Waals surface area contributed by atoms with E-state index in [9.17, 15) is 14.4 Å². The van der Waals surface area contributed by atoms with Crippen molar-refractivity contribution in [1.29, 1.82) is 0 Å². The average Bonchev–Trinajstić information content (AvgIpc) is 3.05. The summed E-state index contributed by atoms with van der Waals surface area (Å²) >= 11 is 0. The predicted molar refractivity (Wildman–Crippen MR) is 87.4 cm³/mol. The fourth-order valence-corrected chi connectivity index (χ4v) is 2.86. The molecule has 1 aromatic rings. The first kappa shape index (κ1) is 17.2. The van der Waals surface area contributed by atoms with Gasteiger partial charge in [0.2, 0.25) is 11.8 Å². The van der Waals surface area contributed by atoms with Gasteiger partial charge >= 0.3 is 6.09 Å². The SMILES string of the molecule is O=C(NCc1ccccn1)[C@H]1CNCCN1C(=O)CN1CCOC1=O. The number of amides is 3. The van der Waals surface area contributed by atoms with Crippen LogP contribution < -0.4 is 10.6 Å². The zero-order chi connectivity index (χ0) is 17.6. The van der Waals surface area contributed by atoms with Crippen LogP contribution in [0.3, 0.4) is 0 Å². The number of nitrogens with zero attached hydrogens (tertiary/aromatic N) is 3. The lowest BCUT2D eigenvalue weighted by molar-refractivity contribution is -0.142. The maximum atomic E-state index is 12.5. The minimum absolute atomic E-state index is 0.0666. The molecule has 2 aliphatic rings. The molecular formula is C16H21N5O4. The van der Waals surface area contributed by atoms with Gasteiger partial charge in [-0.1, -0.05) is 6.07 Å². The molecule has 9 nitrogen and oxygen atoms in total. The normalized spacial score (nSPS) is 20.3. The van der Waals surface area contributed by atoms with Crippen molar-refractivity contribution in [1.82, 2.24) is 25.4 Å². The second kappa shape index (κ2) is 7.93. The smallest absolute Gasteiger partial charge is 0.410 e. The third kappa shape index (κ3) is 4.24. The molecule has 2 fully saturated rings. The molecule has 134 valence electrons. The first-order chi connectivity index (χ1) is 12.1. The molecule has 3 amide bonds. The molecule has 0 bridgehead atoms. The van der Waals surface area contributed by atoms with E-state index in [-0.39, 0.29) is 18.4 Å². The molecule has 9 heteroatoms. The Bertz CT molecular complexity index is 639. The third-order valence-electron chi connectivity index (χ3n) is 4.21. The summed E-state index contributed by atoms with van der Waals surface area (Å²) in [6.07, 6.45) is 1.17. The van der Waals surface area contributed by atoms with Crippen LogP contribution >= 0.6 is 0 Å². The Balaban J connectivity index is 1.58. The highest BCUT2D eigenvalue weighted by Gasteiger charge is 2.34. The fourth-order valence-electron chi connectivity index (χ4n) is 2.86. The van der Waals surface area contributed by atoms with Crippen LogP contribution in [0.4, 0.5) is 4.79 Å². The number of ether oxygens (including phenoxy) is 1. The van der Waals surface area contributed by atoms with Crippen LogP contribution in [0.1, 0.15) is 5.69 Å². The lowest BCUT2D eigenvalue weighted by atomic mass is 10.1. The molecule has 0 aliphatic carbocycles. The van der Waals surface area contributed by atoms with E-state index in [1.165, 1.54) is 9.80 Å². The number of hydrogen-bond donors (Lipinski definition) is 2. The van der Waals surface area contributed by atoms with Crippen LogP contribution in [0.5, 0.6) is 0 Å². The Morgan fingerprint density at radius 3 is 2.96 bits per heavy atom. The maximum absolute atomic E-state index is 12.5. The summed E-state index contributed by atoms with van der Waals surface area (Å²) < 4.78 is 4.83. The minimum atomic E-state index is -0.608. The summed E-state index contributed by atoms with van der Waals surface area (Å²) in [4.78, 5) is 43.6. The van der Waals surface area contributed by atoms with Gasteiger partial charge in [-0.25, -0.2) is 4.79 Å². The molecule has 1 aromatic heterocycles. The second-order valence-corrected chi connectivity index (χ2v) is 5.88. The van der Waals surface area contributed by atoms with Gasteiger partial charge in [-0.3, -0.25) is 19.5 Å². The molecule has 1 atom stereocenters. The van der Waals surface area contributed by atoms with Gasteiger partial charge in [0.1, 0.15) is 19.2 Å². The predicted octanol–water partition coefficient (Wildman–Crippen LogP) is -1.05. The Labute approximate surface area is 145 Å². The van der Waals surface area contributed by atoms with E-state index >= 15 is 0 Å². The quantitative estimate of drug-likeness (QED) is 0.704. The molecule has 0 spiro atoms. The highest BCUT2D eigenvalue weighted by molar-refractivity contribution is 5.90. The van der Waals surface area contributed by atoms with Crippen LogP contribution in [0.2, 0.25) is 0 Å². The fraction of sp³-hybridized carbons (Fsp3) is 0.500. The maximum Gasteiger partial charge on any atom is 0.410 e. The van der Waals surface area contributed by atoms with Gasteiger partial charge in [0, 0.05) is 25.8 Å². The van der Waals surface area contributed by atoms with Gasteiger partial charge < -0.3 is 20.3 Å². The Morgan fingerprint density at radius 1 is 1.36 bits per heavy atom. The van der Waals surface area contributed by atoms with E-state index in [1.807, 2.05) is 12.1 Å². The molecular weight excluding hydrogens is 326 g/mol. The highest BCUT2D eigenvalue weighted by atomic mass is 16.6. The van der Waals surface area contributed by atoms with Crippen molar-refractivity contribution in [3.8, 4) is 0 Å². The van der Waals surface area contributed by atoms with Crippen LogP contribution in [-0.4, -0.2) is 78.1 Å². The lowest BCUT2D eigenvalue weighted by Gasteiger charge is -2.35. The second-order valence-electron chi connectivity index (χ2n) is 5.88. The first-order valence-corrected chi connectivity index (χ1v) is 8.24. The average molecular weight is 347 g/mol. The van der Waals surface area contributed by atoms with E-state index in [1.54, 1.807) is 12.3 Å². The molecule has 0 radical (unpaired) electrons. The van der Waals surface area contributed by atoms with Crippen molar-refractivity contribution in [2.24, 2.45) is 0 Å². The number of piperazine rings is 1. The number of nitrogens with one attached hydrogen (secondary N) is 2. The summed E-state index contributed by atoms with van der Waals surface area (Å²) in [5.74, 6) is -0.492. The largest absolute Gasteiger partial charge is 0.448 e. The van der Waals surface area contributed by atoms with Crippen LogP contribution in [0.15, 0.2) is 24.4 Å². The Hall–Kier alpha value is -2.68. The molecule has 25 heavy (non-hydrogen) atoms. The van der Waals surface area contributed by atoms with Crippen molar-refractivity contribution in [3.63, 3.8) is 0 Å². The van der Waals surface area contributed by atoms with Gasteiger partial charge in [-0.2, -0.15) is 0 Å². The number of hydrogen-bond acceptors (Lipinski definition) is 6. The van der Waals surface area contributed by atoms with Crippen molar-refractivity contribution in [2.45, 2.75) is 12.6 Å². The zero-order valence-electron chi connectivity index (χ0n) is 13.8. The van der Waals surface area contributed by atoms with Crippen LogP contribution in [0, 0.1) is 0 Å². The van der Waals surface area contributed by atoms with Gasteiger partial charge in [-0.15, -0.1) is 0 Å². The molecule has 2 aliphatic heterocycles. The van der Waals surface area contributed by atoms with E-state index in [0.29, 0.717) is 39.3 Å². The summed E-state index contributed by atoms with van der Waals surface area (Å²) in [6, 6.07) is 4.87. The molecule has 0 unspecified atom stereocenters. The molecule has 3 heterocycles. The molecule has 0 saturated carbocycles. The number of cyclic esters (lactones) is 1. The van der Waals surface area contributed by atoms with E-state index in [0.717, 1.165) is 5.69 Å². The summed E-state index contributed by atoms with van der Waals surface area (Å²) in [6.45, 7) is 2.34. The number of carbonyl (C=O) groups excluding carboxylic acids is 3. The first-order valence-electron chi connectivity index (χ1n) is 8.24. The third-order valence-corrected chi connectivity index (χ3v) is 4.21. The standard InChI is InChI=1S/C16H21N5O4/c22-14(11-20-7-8-25-16(20)24)21-6-5-17-10-13(21)15(23)19-9-12-3-1-2-4-18-12/h1-4,13,17H,5-11H2,(H,19,23)/t13-/m1/s1. The summed E-state index contributed by atoms with van der Waals surface area (Å²) in [7, 11) is 0. The Kier molecular flexibility index (Phi) is 5.44. The highest BCUT2D eigenvalue weighted by Crippen LogP contribution is 2.09. The summed E-state index contributed by atoms with van der Waals surface area (Å²) in [5.41, 5.74) is 0.748. The van der Waals surface area contributed by atoms with Gasteiger partial charge in [0.15, 0.2) is 0 Å². The molecule has 2 N–H and O–H groups in total. The number of pyridine rings is 1. The van der Waals surface area contributed by atoms with Gasteiger partial charge in [-0.05, 0) is 12.1 Å². The summed E-state index contributed by atoms with van der Waals surface area (Å²) in [5, 5.41) is 5.94. The number of rotatable bonds is 5. The van der Waals surface area contributed by atoms with Gasteiger partial charge in [0.05, 0.1) is 18.8 Å². The minimum Gasteiger partial charge on any atom is -0.448 e. The lowest BCUT2D eigenvalue weighted by Crippen LogP contribution is -2.60. The van der Waals surface area contributed by atoms with Crippen molar-refractivity contribution in [3.05, 3.63) is 30.1 Å². The van der Waals surface area contributed by atoms with Gasteiger partial charge in [0.25, 0.3) is 0 Å². The Morgan fingerprint density at radius 2 is 2.24 bits per heavy atom. The van der Waals surface area contributed by atoms with Crippen LogP contribution in [-0.2, 0) is 20.9 Å². The van der Waals surface area contributed by atoms with E-state index in [4.69, 9.17) is 4.74 Å². The molecule has 3 rings (SSSR count). The topological polar surface area (TPSA) is 104 Å². The monoisotopic (exact) mass is 347 g/mol. The van der Waals surface area contributed by atoms with Crippen molar-refractivity contribution >= 4 is 17.9 Å². The number of aromatic nitrogens is 1. The van der Waals surface area contributed by atoms with E-state index in [2.05, 4.69) is 15.6 Å². The van der Waals surface area contributed by atoms with Crippen molar-refractivity contribution < 1.29 is 19.1 Å². The van der Waals surface area contributed by atoms with Crippen molar-refractivity contribution in [2.75, 3.05) is 39.3 Å². The molecule has 2 saturated heterocycles. The van der Waals surface area contributed by atoms with Crippen LogP contribution in [0.25, 0.3) is 0 Å². The number of carbonyl (C=O) groups is 3.